The fourth-order valence-corrected chi connectivity index (χ4v) is 3.76. The molecule has 0 aromatic rings. The molecule has 0 aromatic carbocycles. The van der Waals surface area contributed by atoms with Crippen molar-refractivity contribution >= 4 is 0 Å². The normalized spacial score (nSPS) is 49.1. The van der Waals surface area contributed by atoms with E-state index < -0.39 is 12.4 Å². The van der Waals surface area contributed by atoms with Crippen molar-refractivity contribution in [2.24, 2.45) is 0 Å². The third-order valence-electron chi connectivity index (χ3n) is 5.43. The van der Waals surface area contributed by atoms with Crippen LogP contribution < -0.4 is 0 Å². The monoisotopic (exact) mass is 360 g/mol. The molecule has 3 rings (SSSR count). The van der Waals surface area contributed by atoms with Crippen molar-refractivity contribution in [2.75, 3.05) is 0 Å². The number of hydrogen-bond donors (Lipinski definition) is 2. The molecule has 3 aliphatic rings. The third-order valence-corrected chi connectivity index (χ3v) is 5.43. The molecule has 0 bridgehead atoms. The molecule has 0 aliphatic carbocycles. The summed E-state index contributed by atoms with van der Waals surface area (Å²) in [6.45, 7) is 5.78. The largest absolute Gasteiger partial charge is 0.390 e. The molecule has 2 N–H and O–H groups in total. The van der Waals surface area contributed by atoms with Gasteiger partial charge in [-0.25, -0.2) is 0 Å². The lowest BCUT2D eigenvalue weighted by Gasteiger charge is -2.41. The third kappa shape index (κ3) is 5.13. The van der Waals surface area contributed by atoms with Crippen LogP contribution in [0.3, 0.4) is 0 Å². The van der Waals surface area contributed by atoms with Gasteiger partial charge in [0.1, 0.15) is 0 Å². The summed E-state index contributed by atoms with van der Waals surface area (Å²) in [4.78, 5) is 0. The maximum atomic E-state index is 9.73. The topological polar surface area (TPSA) is 86.6 Å². The molecule has 3 fully saturated rings. The molecule has 3 heterocycles. The predicted molar refractivity (Wildman–Crippen MR) is 88.7 cm³/mol. The fourth-order valence-electron chi connectivity index (χ4n) is 3.76. The molecule has 146 valence electrons. The van der Waals surface area contributed by atoms with Gasteiger partial charge in [0.15, 0.2) is 18.9 Å². The predicted octanol–water partition coefficient (Wildman–Crippen LogP) is 1.68. The van der Waals surface area contributed by atoms with Crippen LogP contribution in [0.1, 0.15) is 59.3 Å². The van der Waals surface area contributed by atoms with Gasteiger partial charge < -0.3 is 33.9 Å². The highest BCUT2D eigenvalue weighted by atomic mass is 16.7. The minimum absolute atomic E-state index is 0.0332. The molecule has 0 unspecified atom stereocenters. The standard InChI is InChI=1S/C18H32O7/c1-10-13(19)4-8-17(22-10)25-15-6-9-18(23-12(15)3)24-14-5-7-16(20)21-11(14)2/h10-20H,4-9H2,1-3H3/t10-,11-,12-,13+,14+,15+,16+,17-,18-/m1/s1. The van der Waals surface area contributed by atoms with E-state index in [-0.39, 0.29) is 43.1 Å². The molecule has 0 amide bonds. The van der Waals surface area contributed by atoms with Crippen LogP contribution in [-0.4, -0.2) is 65.7 Å². The number of aliphatic hydroxyl groups excluding tert-OH is 2. The summed E-state index contributed by atoms with van der Waals surface area (Å²) in [5, 5.41) is 19.3. The highest BCUT2D eigenvalue weighted by Crippen LogP contribution is 2.30. The van der Waals surface area contributed by atoms with E-state index in [4.69, 9.17) is 23.7 Å². The number of hydrogen-bond acceptors (Lipinski definition) is 7. The summed E-state index contributed by atoms with van der Waals surface area (Å²) in [6, 6.07) is 0. The Labute approximate surface area is 149 Å². The van der Waals surface area contributed by atoms with Gasteiger partial charge in [-0.05, 0) is 40.0 Å². The van der Waals surface area contributed by atoms with Crippen molar-refractivity contribution in [1.29, 1.82) is 0 Å². The van der Waals surface area contributed by atoms with Gasteiger partial charge >= 0.3 is 0 Å². The van der Waals surface area contributed by atoms with Gasteiger partial charge in [0.2, 0.25) is 0 Å². The van der Waals surface area contributed by atoms with Crippen LogP contribution in [0.25, 0.3) is 0 Å². The van der Waals surface area contributed by atoms with Crippen LogP contribution in [0.15, 0.2) is 0 Å². The van der Waals surface area contributed by atoms with E-state index in [9.17, 15) is 10.2 Å². The molecule has 7 nitrogen and oxygen atoms in total. The molecule has 3 saturated heterocycles. The van der Waals surface area contributed by atoms with Crippen LogP contribution in [0.5, 0.6) is 0 Å². The number of ether oxygens (including phenoxy) is 5. The van der Waals surface area contributed by atoms with E-state index in [1.54, 1.807) is 0 Å². The molecule has 0 radical (unpaired) electrons. The first-order valence-electron chi connectivity index (χ1n) is 9.55. The second-order valence-electron chi connectivity index (χ2n) is 7.49. The zero-order valence-corrected chi connectivity index (χ0v) is 15.4. The van der Waals surface area contributed by atoms with Gasteiger partial charge in [-0.2, -0.15) is 0 Å². The number of rotatable bonds is 4. The Morgan fingerprint density at radius 1 is 0.640 bits per heavy atom. The summed E-state index contributed by atoms with van der Waals surface area (Å²) in [5.74, 6) is 0. The highest BCUT2D eigenvalue weighted by Gasteiger charge is 2.37. The van der Waals surface area contributed by atoms with E-state index in [1.807, 2.05) is 20.8 Å². The van der Waals surface area contributed by atoms with Crippen LogP contribution in [-0.2, 0) is 23.7 Å². The van der Waals surface area contributed by atoms with Gasteiger partial charge in [0.25, 0.3) is 0 Å². The first-order chi connectivity index (χ1) is 11.9. The zero-order chi connectivity index (χ0) is 18.0. The first kappa shape index (κ1) is 19.5. The Morgan fingerprint density at radius 3 is 1.72 bits per heavy atom. The van der Waals surface area contributed by atoms with Gasteiger partial charge in [-0.1, -0.05) is 0 Å². The highest BCUT2D eigenvalue weighted by molar-refractivity contribution is 4.79. The Balaban J connectivity index is 1.43. The van der Waals surface area contributed by atoms with Crippen molar-refractivity contribution in [3.63, 3.8) is 0 Å². The van der Waals surface area contributed by atoms with Gasteiger partial charge in [0.05, 0.1) is 36.6 Å². The van der Waals surface area contributed by atoms with Crippen molar-refractivity contribution in [2.45, 2.75) is 115 Å². The molecule has 25 heavy (non-hydrogen) atoms. The molecular weight excluding hydrogens is 328 g/mol. The summed E-state index contributed by atoms with van der Waals surface area (Å²) < 4.78 is 29.3. The van der Waals surface area contributed by atoms with Gasteiger partial charge in [0, 0.05) is 19.3 Å². The molecule has 7 heteroatoms. The molecule has 0 spiro atoms. The van der Waals surface area contributed by atoms with E-state index in [2.05, 4.69) is 0 Å². The van der Waals surface area contributed by atoms with Crippen molar-refractivity contribution < 1.29 is 33.9 Å². The Bertz CT molecular complexity index is 420. The van der Waals surface area contributed by atoms with Crippen LogP contribution in [0.4, 0.5) is 0 Å². The van der Waals surface area contributed by atoms with Crippen molar-refractivity contribution in [1.82, 2.24) is 0 Å². The van der Waals surface area contributed by atoms with E-state index in [0.717, 1.165) is 19.3 Å². The Kier molecular flexibility index (Phi) is 6.71. The average Bonchev–Trinajstić information content (AvgIpc) is 2.56. The lowest BCUT2D eigenvalue weighted by Crippen LogP contribution is -2.47. The van der Waals surface area contributed by atoms with E-state index >= 15 is 0 Å². The Hall–Kier alpha value is -0.280. The Morgan fingerprint density at radius 2 is 1.16 bits per heavy atom. The zero-order valence-electron chi connectivity index (χ0n) is 15.4. The lowest BCUT2D eigenvalue weighted by molar-refractivity contribution is -0.300. The summed E-state index contributed by atoms with van der Waals surface area (Å²) in [7, 11) is 0. The molecule has 0 saturated carbocycles. The average molecular weight is 360 g/mol. The molecule has 0 aromatic heterocycles. The van der Waals surface area contributed by atoms with E-state index in [0.29, 0.717) is 19.3 Å². The second-order valence-corrected chi connectivity index (χ2v) is 7.49. The van der Waals surface area contributed by atoms with Crippen molar-refractivity contribution in [3.8, 4) is 0 Å². The van der Waals surface area contributed by atoms with Crippen LogP contribution in [0.2, 0.25) is 0 Å². The maximum Gasteiger partial charge on any atom is 0.158 e. The van der Waals surface area contributed by atoms with E-state index in [1.165, 1.54) is 0 Å². The van der Waals surface area contributed by atoms with Crippen LogP contribution in [0, 0.1) is 0 Å². The van der Waals surface area contributed by atoms with Crippen molar-refractivity contribution in [3.05, 3.63) is 0 Å². The number of aliphatic hydroxyl groups is 2. The minimum atomic E-state index is -0.685. The maximum absolute atomic E-state index is 9.73. The van der Waals surface area contributed by atoms with Crippen LogP contribution >= 0.6 is 0 Å². The minimum Gasteiger partial charge on any atom is -0.390 e. The summed E-state index contributed by atoms with van der Waals surface area (Å²) >= 11 is 0. The first-order valence-corrected chi connectivity index (χ1v) is 9.55. The summed E-state index contributed by atoms with van der Waals surface area (Å²) in [5.41, 5.74) is 0. The molecular formula is C18H32O7. The SMILES string of the molecule is C[C@H]1O[C@H](O[C@H]2CC[C@@H](O)O[C@@H]2C)CC[C@@H]1O[C@@H]1CC[C@H](O)[C@@H](C)O1. The lowest BCUT2D eigenvalue weighted by atomic mass is 10.0. The fraction of sp³-hybridized carbons (Fsp3) is 1.00. The van der Waals surface area contributed by atoms with Gasteiger partial charge in [-0.3, -0.25) is 0 Å². The smallest absolute Gasteiger partial charge is 0.158 e. The summed E-state index contributed by atoms with van der Waals surface area (Å²) in [6.07, 6.45) is 2.21. The second kappa shape index (κ2) is 8.61. The molecule has 9 atom stereocenters. The molecule has 3 aliphatic heterocycles. The van der Waals surface area contributed by atoms with Gasteiger partial charge in [-0.15, -0.1) is 0 Å². The quantitative estimate of drug-likeness (QED) is 0.789.